The van der Waals surface area contributed by atoms with E-state index in [1.165, 1.54) is 0 Å². The van der Waals surface area contributed by atoms with E-state index in [0.717, 1.165) is 19.5 Å². The Bertz CT molecular complexity index is 449. The van der Waals surface area contributed by atoms with Gasteiger partial charge in [-0.25, -0.2) is 4.98 Å². The fourth-order valence-electron chi connectivity index (χ4n) is 2.61. The van der Waals surface area contributed by atoms with Crippen LogP contribution >= 0.6 is 0 Å². The van der Waals surface area contributed by atoms with Gasteiger partial charge >= 0.3 is 0 Å². The van der Waals surface area contributed by atoms with Crippen LogP contribution in [0.4, 0.5) is 0 Å². The van der Waals surface area contributed by atoms with Crippen molar-refractivity contribution in [2.24, 2.45) is 5.92 Å². The Labute approximate surface area is 113 Å². The number of hydrogen-bond acceptors (Lipinski definition) is 3. The third kappa shape index (κ3) is 3.34. The second kappa shape index (κ2) is 6.37. The van der Waals surface area contributed by atoms with E-state index in [1.807, 2.05) is 17.4 Å². The van der Waals surface area contributed by atoms with Gasteiger partial charge in [-0.2, -0.15) is 5.26 Å². The second-order valence-electron chi connectivity index (χ2n) is 5.19. The van der Waals surface area contributed by atoms with Gasteiger partial charge in [-0.3, -0.25) is 4.79 Å². The van der Waals surface area contributed by atoms with Gasteiger partial charge in [-0.05, 0) is 18.8 Å². The first-order chi connectivity index (χ1) is 9.22. The van der Waals surface area contributed by atoms with E-state index in [0.29, 0.717) is 31.2 Å². The zero-order valence-electron chi connectivity index (χ0n) is 11.3. The molecule has 0 aromatic carbocycles. The summed E-state index contributed by atoms with van der Waals surface area (Å²) in [5.41, 5.74) is 0. The molecule has 1 aromatic rings. The number of carbonyl (C=O) groups is 1. The highest BCUT2D eigenvalue weighted by Crippen LogP contribution is 2.27. The van der Waals surface area contributed by atoms with Crippen LogP contribution in [0.3, 0.4) is 0 Å². The fraction of sp³-hybridized carbons (Fsp3) is 0.643. The molecule has 1 amide bonds. The molecule has 2 atom stereocenters. The van der Waals surface area contributed by atoms with Crippen molar-refractivity contribution in [3.8, 4) is 6.07 Å². The molecule has 0 saturated carbocycles. The molecule has 102 valence electrons. The summed E-state index contributed by atoms with van der Waals surface area (Å²) in [6.07, 6.45) is 8.19. The normalized spacial score (nSPS) is 23.1. The van der Waals surface area contributed by atoms with Crippen LogP contribution in [0.15, 0.2) is 18.7 Å². The predicted molar refractivity (Wildman–Crippen MR) is 71.1 cm³/mol. The molecular formula is C14H20N4O. The Morgan fingerprint density at radius 2 is 2.42 bits per heavy atom. The molecule has 0 N–H and O–H groups in total. The zero-order valence-corrected chi connectivity index (χ0v) is 11.3. The van der Waals surface area contributed by atoms with Crippen LogP contribution in [0.5, 0.6) is 0 Å². The first kappa shape index (κ1) is 13.6. The average Bonchev–Trinajstić information content (AvgIpc) is 2.93. The first-order valence-electron chi connectivity index (χ1n) is 6.84. The smallest absolute Gasteiger partial charge is 0.222 e. The number of piperidine rings is 1. The Kier molecular flexibility index (Phi) is 4.56. The molecule has 2 rings (SSSR count). The molecule has 1 fully saturated rings. The van der Waals surface area contributed by atoms with Gasteiger partial charge in [0.1, 0.15) is 0 Å². The number of aromatic nitrogens is 2. The van der Waals surface area contributed by atoms with E-state index < -0.39 is 0 Å². The summed E-state index contributed by atoms with van der Waals surface area (Å²) in [5.74, 6) is 0.727. The molecule has 0 bridgehead atoms. The standard InChI is InChI=1S/C14H20N4O/c1-12-5-8-17(14(19)4-2-3-6-15)10-13(12)18-9-7-16-11-18/h7,9,11-13H,2-5,8,10H2,1H3. The molecule has 1 aliphatic heterocycles. The first-order valence-corrected chi connectivity index (χ1v) is 6.84. The molecule has 19 heavy (non-hydrogen) atoms. The highest BCUT2D eigenvalue weighted by molar-refractivity contribution is 5.76. The van der Waals surface area contributed by atoms with E-state index in [4.69, 9.17) is 5.26 Å². The van der Waals surface area contributed by atoms with Crippen LogP contribution < -0.4 is 0 Å². The highest BCUT2D eigenvalue weighted by Gasteiger charge is 2.29. The van der Waals surface area contributed by atoms with Gasteiger partial charge in [-0.15, -0.1) is 0 Å². The number of likely N-dealkylation sites (tertiary alicyclic amines) is 1. The largest absolute Gasteiger partial charge is 0.341 e. The molecule has 1 aromatic heterocycles. The minimum atomic E-state index is 0.173. The lowest BCUT2D eigenvalue weighted by molar-refractivity contribution is -0.133. The molecule has 0 aliphatic carbocycles. The maximum absolute atomic E-state index is 12.1. The number of rotatable bonds is 4. The molecule has 5 heteroatoms. The average molecular weight is 260 g/mol. The fourth-order valence-corrected chi connectivity index (χ4v) is 2.61. The van der Waals surface area contributed by atoms with Crippen molar-refractivity contribution in [2.75, 3.05) is 13.1 Å². The van der Waals surface area contributed by atoms with Crippen molar-refractivity contribution in [2.45, 2.75) is 38.6 Å². The molecule has 1 saturated heterocycles. The zero-order chi connectivity index (χ0) is 13.7. The van der Waals surface area contributed by atoms with Crippen molar-refractivity contribution in [1.29, 1.82) is 5.26 Å². The summed E-state index contributed by atoms with van der Waals surface area (Å²) in [4.78, 5) is 18.1. The Morgan fingerprint density at radius 3 is 3.11 bits per heavy atom. The predicted octanol–water partition coefficient (Wildman–Crippen LogP) is 1.99. The summed E-state index contributed by atoms with van der Waals surface area (Å²) in [7, 11) is 0. The van der Waals surface area contributed by atoms with Crippen LogP contribution in [-0.2, 0) is 4.79 Å². The van der Waals surface area contributed by atoms with Crippen molar-refractivity contribution in [3.63, 3.8) is 0 Å². The van der Waals surface area contributed by atoms with Crippen molar-refractivity contribution in [1.82, 2.24) is 14.5 Å². The Morgan fingerprint density at radius 1 is 1.58 bits per heavy atom. The van der Waals surface area contributed by atoms with Crippen molar-refractivity contribution < 1.29 is 4.79 Å². The number of unbranched alkanes of at least 4 members (excludes halogenated alkanes) is 1. The summed E-state index contributed by atoms with van der Waals surface area (Å²) < 4.78 is 2.10. The van der Waals surface area contributed by atoms with Crippen LogP contribution in [0.25, 0.3) is 0 Å². The van der Waals surface area contributed by atoms with Gasteiger partial charge in [0.05, 0.1) is 18.4 Å². The van der Waals surface area contributed by atoms with Crippen LogP contribution in [0, 0.1) is 17.2 Å². The quantitative estimate of drug-likeness (QED) is 0.778. The number of amides is 1. The molecule has 0 radical (unpaired) electrons. The molecular weight excluding hydrogens is 240 g/mol. The van der Waals surface area contributed by atoms with Crippen LogP contribution in [-0.4, -0.2) is 33.4 Å². The van der Waals surface area contributed by atoms with Gasteiger partial charge in [0.2, 0.25) is 5.91 Å². The Balaban J connectivity index is 1.94. The molecule has 2 heterocycles. The number of nitriles is 1. The SMILES string of the molecule is CC1CCN(C(=O)CCCC#N)CC1n1ccnc1. The molecule has 0 spiro atoms. The number of hydrogen-bond donors (Lipinski definition) is 0. The van der Waals surface area contributed by atoms with Gasteiger partial charge < -0.3 is 9.47 Å². The van der Waals surface area contributed by atoms with Crippen LogP contribution in [0.1, 0.15) is 38.6 Å². The topological polar surface area (TPSA) is 61.9 Å². The number of imidazole rings is 1. The highest BCUT2D eigenvalue weighted by atomic mass is 16.2. The third-order valence-corrected chi connectivity index (χ3v) is 3.86. The van der Waals surface area contributed by atoms with Gasteiger partial charge in [0, 0.05) is 38.3 Å². The maximum Gasteiger partial charge on any atom is 0.222 e. The van der Waals surface area contributed by atoms with E-state index in [2.05, 4.69) is 22.5 Å². The summed E-state index contributed by atoms with van der Waals surface area (Å²) >= 11 is 0. The summed E-state index contributed by atoms with van der Waals surface area (Å²) in [6.45, 7) is 3.81. The maximum atomic E-state index is 12.1. The second-order valence-corrected chi connectivity index (χ2v) is 5.19. The minimum absolute atomic E-state index is 0.173. The van der Waals surface area contributed by atoms with Gasteiger partial charge in [0.25, 0.3) is 0 Å². The van der Waals surface area contributed by atoms with E-state index in [1.54, 1.807) is 6.20 Å². The minimum Gasteiger partial charge on any atom is -0.341 e. The molecule has 2 unspecified atom stereocenters. The number of carbonyl (C=O) groups excluding carboxylic acids is 1. The third-order valence-electron chi connectivity index (χ3n) is 3.86. The van der Waals surface area contributed by atoms with Crippen LogP contribution in [0.2, 0.25) is 0 Å². The van der Waals surface area contributed by atoms with E-state index >= 15 is 0 Å². The van der Waals surface area contributed by atoms with E-state index in [9.17, 15) is 4.79 Å². The van der Waals surface area contributed by atoms with Crippen molar-refractivity contribution >= 4 is 5.91 Å². The summed E-state index contributed by atoms with van der Waals surface area (Å²) in [6, 6.07) is 2.40. The van der Waals surface area contributed by atoms with Gasteiger partial charge in [0.15, 0.2) is 0 Å². The number of nitrogens with zero attached hydrogens (tertiary/aromatic N) is 4. The van der Waals surface area contributed by atoms with Gasteiger partial charge in [-0.1, -0.05) is 6.92 Å². The summed E-state index contributed by atoms with van der Waals surface area (Å²) in [5, 5.41) is 8.51. The van der Waals surface area contributed by atoms with Crippen molar-refractivity contribution in [3.05, 3.63) is 18.7 Å². The lowest BCUT2D eigenvalue weighted by atomic mass is 9.93. The monoisotopic (exact) mass is 260 g/mol. The molecule has 5 nitrogen and oxygen atoms in total. The molecule has 1 aliphatic rings. The van der Waals surface area contributed by atoms with E-state index in [-0.39, 0.29) is 5.91 Å². The Hall–Kier alpha value is -1.83. The lowest BCUT2D eigenvalue weighted by Gasteiger charge is -2.37. The lowest BCUT2D eigenvalue weighted by Crippen LogP contribution is -2.43.